The highest BCUT2D eigenvalue weighted by atomic mass is 16.2. The molecule has 2 aliphatic rings. The van der Waals surface area contributed by atoms with E-state index in [9.17, 15) is 9.59 Å². The third kappa shape index (κ3) is 3.09. The van der Waals surface area contributed by atoms with Crippen molar-refractivity contribution in [3.63, 3.8) is 0 Å². The van der Waals surface area contributed by atoms with Crippen molar-refractivity contribution in [1.82, 2.24) is 15.1 Å². The smallest absolute Gasteiger partial charge is 0.227 e. The summed E-state index contributed by atoms with van der Waals surface area (Å²) in [5.41, 5.74) is 0.774. The van der Waals surface area contributed by atoms with Crippen LogP contribution in [0.1, 0.15) is 38.5 Å². The molecule has 1 N–H and O–H groups in total. The largest absolute Gasteiger partial charge is 0.353 e. The van der Waals surface area contributed by atoms with Gasteiger partial charge in [-0.2, -0.15) is 5.10 Å². The van der Waals surface area contributed by atoms with Crippen molar-refractivity contribution in [3.05, 3.63) is 12.4 Å². The summed E-state index contributed by atoms with van der Waals surface area (Å²) in [6.07, 6.45) is 9.55. The molecule has 1 saturated heterocycles. The van der Waals surface area contributed by atoms with Gasteiger partial charge in [-0.25, -0.2) is 0 Å². The summed E-state index contributed by atoms with van der Waals surface area (Å²) in [6, 6.07) is 0.300. The fraction of sp³-hybridized carbons (Fsp3) is 0.667. The van der Waals surface area contributed by atoms with Crippen LogP contribution in [0.3, 0.4) is 0 Å². The Bertz CT molecular complexity index is 534. The highest BCUT2D eigenvalue weighted by Gasteiger charge is 2.36. The fourth-order valence-corrected chi connectivity index (χ4v) is 3.25. The summed E-state index contributed by atoms with van der Waals surface area (Å²) in [5.74, 6) is -0.201. The summed E-state index contributed by atoms with van der Waals surface area (Å²) in [6.45, 7) is 0.461. The molecule has 1 aromatic heterocycles. The Balaban J connectivity index is 1.59. The number of aromatic nitrogens is 2. The predicted octanol–water partition coefficient (Wildman–Crippen LogP) is 1.22. The third-order valence-corrected chi connectivity index (χ3v) is 4.45. The zero-order valence-corrected chi connectivity index (χ0v) is 12.4. The van der Waals surface area contributed by atoms with Crippen LogP contribution in [0.5, 0.6) is 0 Å². The number of hydrogen-bond donors (Lipinski definition) is 1. The maximum atomic E-state index is 12.3. The van der Waals surface area contributed by atoms with E-state index in [0.717, 1.165) is 18.5 Å². The van der Waals surface area contributed by atoms with Crippen LogP contribution in [0.2, 0.25) is 0 Å². The molecule has 2 amide bonds. The van der Waals surface area contributed by atoms with Crippen LogP contribution >= 0.6 is 0 Å². The van der Waals surface area contributed by atoms with Crippen molar-refractivity contribution >= 4 is 17.5 Å². The molecule has 1 atom stereocenters. The molecule has 6 heteroatoms. The molecule has 2 fully saturated rings. The standard InChI is InChI=1S/C15H22N4O2/c1-18-10-13(8-16-18)19-9-11(7-14(19)20)15(21)17-12-5-3-2-4-6-12/h8,10-12H,2-7,9H2,1H3,(H,17,21)/t11-/m1/s1. The van der Waals surface area contributed by atoms with Gasteiger partial charge >= 0.3 is 0 Å². The van der Waals surface area contributed by atoms with E-state index >= 15 is 0 Å². The molecule has 21 heavy (non-hydrogen) atoms. The Morgan fingerprint density at radius 1 is 1.33 bits per heavy atom. The molecule has 6 nitrogen and oxygen atoms in total. The molecule has 1 aromatic rings. The second-order valence-corrected chi connectivity index (χ2v) is 6.12. The number of aryl methyl sites for hydroxylation is 1. The van der Waals surface area contributed by atoms with Gasteiger partial charge in [-0.3, -0.25) is 14.3 Å². The number of rotatable bonds is 3. The van der Waals surface area contributed by atoms with Crippen molar-refractivity contribution in [2.24, 2.45) is 13.0 Å². The maximum absolute atomic E-state index is 12.3. The highest BCUT2D eigenvalue weighted by molar-refractivity contribution is 6.00. The van der Waals surface area contributed by atoms with E-state index in [1.165, 1.54) is 19.3 Å². The van der Waals surface area contributed by atoms with Crippen molar-refractivity contribution in [3.8, 4) is 0 Å². The van der Waals surface area contributed by atoms with Crippen LogP contribution in [-0.2, 0) is 16.6 Å². The van der Waals surface area contributed by atoms with Crippen LogP contribution in [0, 0.1) is 5.92 Å². The lowest BCUT2D eigenvalue weighted by molar-refractivity contribution is -0.127. The van der Waals surface area contributed by atoms with E-state index in [1.54, 1.807) is 22.0 Å². The fourth-order valence-electron chi connectivity index (χ4n) is 3.25. The number of nitrogens with one attached hydrogen (secondary N) is 1. The molecule has 1 aliphatic heterocycles. The van der Waals surface area contributed by atoms with Gasteiger partial charge in [0, 0.05) is 32.3 Å². The van der Waals surface area contributed by atoms with Crippen molar-refractivity contribution < 1.29 is 9.59 Å². The molecular weight excluding hydrogens is 268 g/mol. The minimum Gasteiger partial charge on any atom is -0.353 e. The van der Waals surface area contributed by atoms with Crippen molar-refractivity contribution in [2.75, 3.05) is 11.4 Å². The molecule has 1 saturated carbocycles. The molecule has 0 radical (unpaired) electrons. The molecule has 0 spiro atoms. The van der Waals surface area contributed by atoms with E-state index in [-0.39, 0.29) is 17.7 Å². The normalized spacial score (nSPS) is 23.6. The average Bonchev–Trinajstić information content (AvgIpc) is 3.06. The number of carbonyl (C=O) groups is 2. The first-order valence-electron chi connectivity index (χ1n) is 7.73. The van der Waals surface area contributed by atoms with E-state index in [0.29, 0.717) is 19.0 Å². The second kappa shape index (κ2) is 5.87. The van der Waals surface area contributed by atoms with Gasteiger partial charge in [0.1, 0.15) is 0 Å². The molecule has 0 aromatic carbocycles. The Kier molecular flexibility index (Phi) is 3.94. The van der Waals surface area contributed by atoms with E-state index in [2.05, 4.69) is 10.4 Å². The number of amides is 2. The van der Waals surface area contributed by atoms with Crippen LogP contribution in [0.15, 0.2) is 12.4 Å². The van der Waals surface area contributed by atoms with Crippen LogP contribution < -0.4 is 10.2 Å². The Morgan fingerprint density at radius 2 is 2.10 bits per heavy atom. The van der Waals surface area contributed by atoms with Gasteiger partial charge in [0.25, 0.3) is 0 Å². The van der Waals surface area contributed by atoms with Gasteiger partial charge in [-0.05, 0) is 12.8 Å². The van der Waals surface area contributed by atoms with E-state index in [1.807, 2.05) is 7.05 Å². The first-order chi connectivity index (χ1) is 10.1. The maximum Gasteiger partial charge on any atom is 0.227 e. The number of carbonyl (C=O) groups excluding carboxylic acids is 2. The molecule has 1 aliphatic carbocycles. The average molecular weight is 290 g/mol. The topological polar surface area (TPSA) is 67.2 Å². The molecule has 0 bridgehead atoms. The number of nitrogens with zero attached hydrogens (tertiary/aromatic N) is 3. The van der Waals surface area contributed by atoms with Crippen molar-refractivity contribution in [2.45, 2.75) is 44.6 Å². The molecule has 0 unspecified atom stereocenters. The lowest BCUT2D eigenvalue weighted by Crippen LogP contribution is -2.40. The summed E-state index contributed by atoms with van der Waals surface area (Å²) < 4.78 is 1.66. The monoisotopic (exact) mass is 290 g/mol. The Labute approximate surface area is 124 Å². The molecule has 114 valence electrons. The minimum atomic E-state index is -0.236. The summed E-state index contributed by atoms with van der Waals surface area (Å²) in [5, 5.41) is 7.20. The van der Waals surface area contributed by atoms with Gasteiger partial charge < -0.3 is 10.2 Å². The van der Waals surface area contributed by atoms with E-state index < -0.39 is 0 Å². The number of hydrogen-bond acceptors (Lipinski definition) is 3. The van der Waals surface area contributed by atoms with Gasteiger partial charge in [0.2, 0.25) is 11.8 Å². The predicted molar refractivity (Wildman–Crippen MR) is 78.7 cm³/mol. The highest BCUT2D eigenvalue weighted by Crippen LogP contribution is 2.25. The number of anilines is 1. The lowest BCUT2D eigenvalue weighted by atomic mass is 9.95. The summed E-state index contributed by atoms with van der Waals surface area (Å²) in [4.78, 5) is 26.1. The molecule has 2 heterocycles. The quantitative estimate of drug-likeness (QED) is 0.910. The molecular formula is C15H22N4O2. The first kappa shape index (κ1) is 14.1. The van der Waals surface area contributed by atoms with Crippen LogP contribution in [0.4, 0.5) is 5.69 Å². The van der Waals surface area contributed by atoms with Crippen molar-refractivity contribution in [1.29, 1.82) is 0 Å². The lowest BCUT2D eigenvalue weighted by Gasteiger charge is -2.24. The Morgan fingerprint density at radius 3 is 2.76 bits per heavy atom. The SMILES string of the molecule is Cn1cc(N2C[C@H](C(=O)NC3CCCCC3)CC2=O)cn1. The first-order valence-corrected chi connectivity index (χ1v) is 7.73. The third-order valence-electron chi connectivity index (χ3n) is 4.45. The second-order valence-electron chi connectivity index (χ2n) is 6.12. The van der Waals surface area contributed by atoms with Gasteiger partial charge in [-0.1, -0.05) is 19.3 Å². The van der Waals surface area contributed by atoms with Gasteiger partial charge in [0.05, 0.1) is 17.8 Å². The zero-order valence-electron chi connectivity index (χ0n) is 12.4. The summed E-state index contributed by atoms with van der Waals surface area (Å²) >= 11 is 0. The molecule has 3 rings (SSSR count). The Hall–Kier alpha value is -1.85. The van der Waals surface area contributed by atoms with Gasteiger partial charge in [0.15, 0.2) is 0 Å². The van der Waals surface area contributed by atoms with E-state index in [4.69, 9.17) is 0 Å². The van der Waals surface area contributed by atoms with Gasteiger partial charge in [-0.15, -0.1) is 0 Å². The minimum absolute atomic E-state index is 0.00629. The zero-order chi connectivity index (χ0) is 14.8. The summed E-state index contributed by atoms with van der Waals surface area (Å²) in [7, 11) is 1.82. The van der Waals surface area contributed by atoms with Crippen LogP contribution in [0.25, 0.3) is 0 Å². The van der Waals surface area contributed by atoms with Crippen LogP contribution in [-0.4, -0.2) is 34.2 Å².